The number of nitrogen functional groups attached to an aromatic ring is 1. The third-order valence-electron chi connectivity index (χ3n) is 3.36. The van der Waals surface area contributed by atoms with Crippen LogP contribution in [0.3, 0.4) is 0 Å². The first-order valence-corrected chi connectivity index (χ1v) is 5.92. The highest BCUT2D eigenvalue weighted by Gasteiger charge is 2.19. The SMILES string of the molecule is Cc1ccc(N2Cc3ccccc3C2)c(N)c1. The summed E-state index contributed by atoms with van der Waals surface area (Å²) in [7, 11) is 0. The van der Waals surface area contributed by atoms with Crippen LogP contribution < -0.4 is 10.6 Å². The van der Waals surface area contributed by atoms with Crippen molar-refractivity contribution in [1.82, 2.24) is 0 Å². The number of aryl methyl sites for hydroxylation is 1. The summed E-state index contributed by atoms with van der Waals surface area (Å²) >= 11 is 0. The van der Waals surface area contributed by atoms with E-state index in [0.29, 0.717) is 0 Å². The van der Waals surface area contributed by atoms with E-state index in [1.54, 1.807) is 0 Å². The normalized spacial score (nSPS) is 13.8. The standard InChI is InChI=1S/C15H16N2/c1-11-6-7-15(14(16)8-11)17-9-12-4-2-3-5-13(12)10-17/h2-8H,9-10,16H2,1H3. The molecule has 1 aliphatic heterocycles. The zero-order valence-corrected chi connectivity index (χ0v) is 9.98. The van der Waals surface area contributed by atoms with E-state index in [-0.39, 0.29) is 0 Å². The number of hydrogen-bond donors (Lipinski definition) is 1. The lowest BCUT2D eigenvalue weighted by atomic mass is 10.1. The quantitative estimate of drug-likeness (QED) is 0.754. The number of rotatable bonds is 1. The van der Waals surface area contributed by atoms with Gasteiger partial charge >= 0.3 is 0 Å². The predicted molar refractivity (Wildman–Crippen MR) is 71.9 cm³/mol. The lowest BCUT2D eigenvalue weighted by molar-refractivity contribution is 0.882. The molecule has 0 saturated heterocycles. The molecule has 0 bridgehead atoms. The molecule has 0 aliphatic carbocycles. The monoisotopic (exact) mass is 224 g/mol. The molecule has 0 unspecified atom stereocenters. The van der Waals surface area contributed by atoms with E-state index in [4.69, 9.17) is 5.73 Å². The highest BCUT2D eigenvalue weighted by Crippen LogP contribution is 2.32. The largest absolute Gasteiger partial charge is 0.397 e. The van der Waals surface area contributed by atoms with Crippen molar-refractivity contribution in [1.29, 1.82) is 0 Å². The second-order valence-electron chi connectivity index (χ2n) is 4.69. The number of nitrogens with two attached hydrogens (primary N) is 1. The number of nitrogens with zero attached hydrogens (tertiary/aromatic N) is 1. The minimum Gasteiger partial charge on any atom is -0.397 e. The molecule has 0 amide bonds. The van der Waals surface area contributed by atoms with E-state index in [9.17, 15) is 0 Å². The van der Waals surface area contributed by atoms with Crippen molar-refractivity contribution in [2.45, 2.75) is 20.0 Å². The first-order valence-electron chi connectivity index (χ1n) is 5.92. The molecule has 0 spiro atoms. The fourth-order valence-electron chi connectivity index (χ4n) is 2.47. The Labute approximate surface area is 102 Å². The van der Waals surface area contributed by atoms with Gasteiger partial charge in [-0.2, -0.15) is 0 Å². The smallest absolute Gasteiger partial charge is 0.0606 e. The van der Waals surface area contributed by atoms with E-state index < -0.39 is 0 Å². The molecule has 2 heteroatoms. The molecule has 0 saturated carbocycles. The van der Waals surface area contributed by atoms with Crippen LogP contribution in [-0.2, 0) is 13.1 Å². The number of benzene rings is 2. The molecule has 2 N–H and O–H groups in total. The van der Waals surface area contributed by atoms with Crippen LogP contribution in [0.1, 0.15) is 16.7 Å². The van der Waals surface area contributed by atoms with Gasteiger partial charge < -0.3 is 10.6 Å². The molecule has 86 valence electrons. The molecule has 2 aromatic carbocycles. The van der Waals surface area contributed by atoms with Crippen LogP contribution in [0.25, 0.3) is 0 Å². The summed E-state index contributed by atoms with van der Waals surface area (Å²) < 4.78 is 0. The van der Waals surface area contributed by atoms with Crippen molar-refractivity contribution < 1.29 is 0 Å². The van der Waals surface area contributed by atoms with Crippen LogP contribution in [-0.4, -0.2) is 0 Å². The van der Waals surface area contributed by atoms with Crippen LogP contribution in [0.2, 0.25) is 0 Å². The summed E-state index contributed by atoms with van der Waals surface area (Å²) in [6.07, 6.45) is 0. The maximum atomic E-state index is 6.09. The molecule has 1 aliphatic rings. The van der Waals surface area contributed by atoms with Crippen molar-refractivity contribution in [3.63, 3.8) is 0 Å². The molecule has 0 atom stereocenters. The molecule has 0 radical (unpaired) electrons. The highest BCUT2D eigenvalue weighted by molar-refractivity contribution is 5.69. The van der Waals surface area contributed by atoms with Gasteiger partial charge in [0.2, 0.25) is 0 Å². The first-order chi connectivity index (χ1) is 8.24. The zero-order chi connectivity index (χ0) is 11.8. The maximum Gasteiger partial charge on any atom is 0.0606 e. The fourth-order valence-corrected chi connectivity index (χ4v) is 2.47. The number of anilines is 2. The molecule has 0 aromatic heterocycles. The summed E-state index contributed by atoms with van der Waals surface area (Å²) in [6.45, 7) is 3.99. The van der Waals surface area contributed by atoms with Crippen LogP contribution in [0.15, 0.2) is 42.5 Å². The minimum atomic E-state index is 0.873. The third kappa shape index (κ3) is 1.76. The van der Waals surface area contributed by atoms with Gasteiger partial charge in [-0.25, -0.2) is 0 Å². The van der Waals surface area contributed by atoms with Crippen LogP contribution >= 0.6 is 0 Å². The van der Waals surface area contributed by atoms with Crippen molar-refractivity contribution >= 4 is 11.4 Å². The van der Waals surface area contributed by atoms with Crippen molar-refractivity contribution in [3.05, 3.63) is 59.2 Å². The fraction of sp³-hybridized carbons (Fsp3) is 0.200. The molecule has 17 heavy (non-hydrogen) atoms. The Morgan fingerprint density at radius 1 is 1.00 bits per heavy atom. The topological polar surface area (TPSA) is 29.3 Å². The highest BCUT2D eigenvalue weighted by atomic mass is 15.2. The van der Waals surface area contributed by atoms with Crippen LogP contribution in [0, 0.1) is 6.92 Å². The Bertz CT molecular complexity index is 536. The molecular formula is C15H16N2. The molecular weight excluding hydrogens is 208 g/mol. The van der Waals surface area contributed by atoms with E-state index in [1.165, 1.54) is 16.7 Å². The molecule has 2 nitrogen and oxygen atoms in total. The maximum absolute atomic E-state index is 6.09. The van der Waals surface area contributed by atoms with Crippen molar-refractivity contribution in [3.8, 4) is 0 Å². The van der Waals surface area contributed by atoms with Gasteiger partial charge in [-0.3, -0.25) is 0 Å². The van der Waals surface area contributed by atoms with Crippen LogP contribution in [0.5, 0.6) is 0 Å². The van der Waals surface area contributed by atoms with Gasteiger partial charge in [-0.05, 0) is 35.7 Å². The second kappa shape index (κ2) is 3.81. The Hall–Kier alpha value is -1.96. The molecule has 1 heterocycles. The summed E-state index contributed by atoms with van der Waals surface area (Å²) in [5.41, 5.74) is 12.1. The van der Waals surface area contributed by atoms with Crippen molar-refractivity contribution in [2.75, 3.05) is 10.6 Å². The van der Waals surface area contributed by atoms with E-state index >= 15 is 0 Å². The molecule has 0 fully saturated rings. The van der Waals surface area contributed by atoms with Crippen molar-refractivity contribution in [2.24, 2.45) is 0 Å². The lowest BCUT2D eigenvalue weighted by Gasteiger charge is -2.20. The molecule has 2 aromatic rings. The van der Waals surface area contributed by atoms with E-state index in [1.807, 2.05) is 6.07 Å². The average Bonchev–Trinajstić information content (AvgIpc) is 2.72. The van der Waals surface area contributed by atoms with E-state index in [0.717, 1.165) is 24.5 Å². The zero-order valence-electron chi connectivity index (χ0n) is 9.98. The lowest BCUT2D eigenvalue weighted by Crippen LogP contribution is -2.16. The van der Waals surface area contributed by atoms with Gasteiger partial charge in [-0.1, -0.05) is 30.3 Å². The van der Waals surface area contributed by atoms with E-state index in [2.05, 4.69) is 48.2 Å². The summed E-state index contributed by atoms with van der Waals surface area (Å²) in [4.78, 5) is 2.33. The minimum absolute atomic E-state index is 0.873. The Kier molecular flexibility index (Phi) is 2.29. The summed E-state index contributed by atoms with van der Waals surface area (Å²) in [6, 6.07) is 14.9. The molecule has 3 rings (SSSR count). The van der Waals surface area contributed by atoms with Gasteiger partial charge in [0, 0.05) is 13.1 Å². The summed E-state index contributed by atoms with van der Waals surface area (Å²) in [5.74, 6) is 0. The Morgan fingerprint density at radius 3 is 2.24 bits per heavy atom. The van der Waals surface area contributed by atoms with Crippen LogP contribution in [0.4, 0.5) is 11.4 Å². The Balaban J connectivity index is 1.94. The number of hydrogen-bond acceptors (Lipinski definition) is 2. The second-order valence-corrected chi connectivity index (χ2v) is 4.69. The average molecular weight is 224 g/mol. The van der Waals surface area contributed by atoms with Gasteiger partial charge in [-0.15, -0.1) is 0 Å². The Morgan fingerprint density at radius 2 is 1.65 bits per heavy atom. The first kappa shape index (κ1) is 10.2. The van der Waals surface area contributed by atoms with Gasteiger partial charge in [0.1, 0.15) is 0 Å². The van der Waals surface area contributed by atoms with Gasteiger partial charge in [0.25, 0.3) is 0 Å². The third-order valence-corrected chi connectivity index (χ3v) is 3.36. The van der Waals surface area contributed by atoms with Gasteiger partial charge in [0.05, 0.1) is 11.4 Å². The number of fused-ring (bicyclic) bond motifs is 1. The summed E-state index contributed by atoms with van der Waals surface area (Å²) in [5, 5.41) is 0. The van der Waals surface area contributed by atoms with Gasteiger partial charge in [0.15, 0.2) is 0 Å². The predicted octanol–water partition coefficient (Wildman–Crippen LogP) is 3.10.